The Bertz CT molecular complexity index is 540. The number of benzene rings is 1. The number of halogens is 2. The van der Waals surface area contributed by atoms with Gasteiger partial charge in [-0.25, -0.2) is 0 Å². The van der Waals surface area contributed by atoms with Crippen molar-refractivity contribution in [2.24, 2.45) is 0 Å². The lowest BCUT2D eigenvalue weighted by atomic mass is 10.1. The summed E-state index contributed by atoms with van der Waals surface area (Å²) in [7, 11) is 0. The first-order chi connectivity index (χ1) is 7.70. The highest BCUT2D eigenvalue weighted by Gasteiger charge is 2.11. The van der Waals surface area contributed by atoms with E-state index in [1.54, 1.807) is 0 Å². The first kappa shape index (κ1) is 11.4. The summed E-state index contributed by atoms with van der Waals surface area (Å²) in [5, 5.41) is 9.62. The standard InChI is InChI=1S/C11H6Cl2N2S/c12-8-3-1-7(2-4-8)5-10-9(6-14)11(13)16-15-10/h1-4H,5H2. The van der Waals surface area contributed by atoms with Crippen LogP contribution in [0.15, 0.2) is 24.3 Å². The van der Waals surface area contributed by atoms with Gasteiger partial charge < -0.3 is 0 Å². The van der Waals surface area contributed by atoms with Gasteiger partial charge in [0.25, 0.3) is 0 Å². The molecule has 2 rings (SSSR count). The Kier molecular flexibility index (Phi) is 3.45. The highest BCUT2D eigenvalue weighted by atomic mass is 35.5. The van der Waals surface area contributed by atoms with E-state index in [0.29, 0.717) is 21.3 Å². The fraction of sp³-hybridized carbons (Fsp3) is 0.0909. The van der Waals surface area contributed by atoms with E-state index in [4.69, 9.17) is 28.5 Å². The molecule has 0 saturated carbocycles. The molecule has 0 amide bonds. The largest absolute Gasteiger partial charge is 0.194 e. The van der Waals surface area contributed by atoms with Crippen LogP contribution in [0.3, 0.4) is 0 Å². The molecule has 0 atom stereocenters. The van der Waals surface area contributed by atoms with E-state index in [2.05, 4.69) is 10.4 Å². The Morgan fingerprint density at radius 2 is 1.94 bits per heavy atom. The minimum atomic E-state index is 0.450. The second kappa shape index (κ2) is 4.84. The average Bonchev–Trinajstić information content (AvgIpc) is 2.63. The van der Waals surface area contributed by atoms with Crippen LogP contribution in [-0.2, 0) is 6.42 Å². The molecule has 5 heteroatoms. The lowest BCUT2D eigenvalue weighted by molar-refractivity contribution is 1.12. The topological polar surface area (TPSA) is 36.7 Å². The van der Waals surface area contributed by atoms with Crippen molar-refractivity contribution < 1.29 is 0 Å². The molecule has 0 aliphatic heterocycles. The number of hydrogen-bond donors (Lipinski definition) is 0. The molecule has 0 radical (unpaired) electrons. The molecule has 0 fully saturated rings. The monoisotopic (exact) mass is 268 g/mol. The first-order valence-corrected chi connectivity index (χ1v) is 6.02. The van der Waals surface area contributed by atoms with Gasteiger partial charge in [0.05, 0.1) is 5.69 Å². The van der Waals surface area contributed by atoms with Gasteiger partial charge in [-0.2, -0.15) is 9.64 Å². The van der Waals surface area contributed by atoms with Gasteiger partial charge in [-0.1, -0.05) is 35.3 Å². The molecule has 1 aromatic heterocycles. The third kappa shape index (κ3) is 2.35. The van der Waals surface area contributed by atoms with Crippen LogP contribution in [0.25, 0.3) is 0 Å². The van der Waals surface area contributed by atoms with Crippen LogP contribution in [0, 0.1) is 11.3 Å². The van der Waals surface area contributed by atoms with Gasteiger partial charge in [-0.3, -0.25) is 0 Å². The Balaban J connectivity index is 2.27. The molecule has 2 aromatic rings. The quantitative estimate of drug-likeness (QED) is 0.828. The van der Waals surface area contributed by atoms with E-state index in [0.717, 1.165) is 22.8 Å². The second-order valence-corrected chi connectivity index (χ2v) is 5.00. The van der Waals surface area contributed by atoms with Gasteiger partial charge in [-0.15, -0.1) is 0 Å². The van der Waals surface area contributed by atoms with Gasteiger partial charge in [0.1, 0.15) is 16.0 Å². The Morgan fingerprint density at radius 3 is 2.56 bits per heavy atom. The summed E-state index contributed by atoms with van der Waals surface area (Å²) in [5.74, 6) is 0. The molecule has 0 aliphatic carbocycles. The van der Waals surface area contributed by atoms with Crippen LogP contribution in [0.5, 0.6) is 0 Å². The zero-order valence-corrected chi connectivity index (χ0v) is 10.4. The van der Waals surface area contributed by atoms with Crippen molar-refractivity contribution in [3.63, 3.8) is 0 Å². The van der Waals surface area contributed by atoms with Gasteiger partial charge >= 0.3 is 0 Å². The van der Waals surface area contributed by atoms with Crippen molar-refractivity contribution in [1.82, 2.24) is 4.37 Å². The summed E-state index contributed by atoms with van der Waals surface area (Å²) in [6.07, 6.45) is 0.600. The summed E-state index contributed by atoms with van der Waals surface area (Å²) < 4.78 is 4.61. The fourth-order valence-electron chi connectivity index (χ4n) is 1.32. The number of nitrogens with zero attached hydrogens (tertiary/aromatic N) is 2. The van der Waals surface area contributed by atoms with Crippen LogP contribution >= 0.6 is 34.7 Å². The summed E-state index contributed by atoms with van der Waals surface area (Å²) in [6.45, 7) is 0. The lowest BCUT2D eigenvalue weighted by Gasteiger charge is -1.98. The van der Waals surface area contributed by atoms with Crippen LogP contribution < -0.4 is 0 Å². The molecule has 0 bridgehead atoms. The van der Waals surface area contributed by atoms with E-state index < -0.39 is 0 Å². The van der Waals surface area contributed by atoms with Gasteiger partial charge in [0, 0.05) is 11.4 Å². The molecule has 0 unspecified atom stereocenters. The van der Waals surface area contributed by atoms with Crippen molar-refractivity contribution in [2.45, 2.75) is 6.42 Å². The first-order valence-electron chi connectivity index (χ1n) is 4.49. The SMILES string of the molecule is N#Cc1c(Cc2ccc(Cl)cc2)nsc1Cl. The zero-order valence-electron chi connectivity index (χ0n) is 8.08. The third-order valence-electron chi connectivity index (χ3n) is 2.12. The van der Waals surface area contributed by atoms with Crippen LogP contribution in [-0.4, -0.2) is 4.37 Å². The van der Waals surface area contributed by atoms with Crippen molar-refractivity contribution in [2.75, 3.05) is 0 Å². The van der Waals surface area contributed by atoms with Crippen LogP contribution in [0.1, 0.15) is 16.8 Å². The molecule has 0 N–H and O–H groups in total. The maximum absolute atomic E-state index is 8.92. The smallest absolute Gasteiger partial charge is 0.132 e. The molecule has 0 aliphatic rings. The Labute approximate surface area is 107 Å². The van der Waals surface area contributed by atoms with Gasteiger partial charge in [0.2, 0.25) is 0 Å². The minimum Gasteiger partial charge on any atom is -0.194 e. The molecule has 1 heterocycles. The van der Waals surface area contributed by atoms with Crippen molar-refractivity contribution in [1.29, 1.82) is 5.26 Å². The van der Waals surface area contributed by atoms with Gasteiger partial charge in [-0.05, 0) is 29.2 Å². The van der Waals surface area contributed by atoms with E-state index in [-0.39, 0.29) is 0 Å². The summed E-state index contributed by atoms with van der Waals surface area (Å²) in [4.78, 5) is 0. The fourth-order valence-corrected chi connectivity index (χ4v) is 2.31. The predicted molar refractivity (Wildman–Crippen MR) is 66.1 cm³/mol. The maximum atomic E-state index is 8.92. The number of hydrogen-bond acceptors (Lipinski definition) is 3. The van der Waals surface area contributed by atoms with E-state index in [9.17, 15) is 0 Å². The summed E-state index contributed by atoms with van der Waals surface area (Å²) in [5.41, 5.74) is 2.25. The average molecular weight is 269 g/mol. The predicted octanol–water partition coefficient (Wildman–Crippen LogP) is 3.91. The molecule has 1 aromatic carbocycles. The van der Waals surface area contributed by atoms with Crippen molar-refractivity contribution in [3.05, 3.63) is 50.4 Å². The third-order valence-corrected chi connectivity index (χ3v) is 3.44. The highest BCUT2D eigenvalue weighted by molar-refractivity contribution is 7.10. The second-order valence-electron chi connectivity index (χ2n) is 3.19. The Morgan fingerprint density at radius 1 is 1.25 bits per heavy atom. The van der Waals surface area contributed by atoms with E-state index in [1.165, 1.54) is 0 Å². The minimum absolute atomic E-state index is 0.450. The van der Waals surface area contributed by atoms with Crippen molar-refractivity contribution >= 4 is 34.7 Å². The summed E-state index contributed by atoms with van der Waals surface area (Å²) >= 11 is 12.8. The van der Waals surface area contributed by atoms with Gasteiger partial charge in [0.15, 0.2) is 0 Å². The highest BCUT2D eigenvalue weighted by Crippen LogP contribution is 2.25. The lowest BCUT2D eigenvalue weighted by Crippen LogP contribution is -1.90. The van der Waals surface area contributed by atoms with Crippen molar-refractivity contribution in [3.8, 4) is 6.07 Å². The zero-order chi connectivity index (χ0) is 11.5. The molecule has 0 spiro atoms. The van der Waals surface area contributed by atoms with Crippen LogP contribution in [0.2, 0.25) is 9.36 Å². The maximum Gasteiger partial charge on any atom is 0.132 e. The Hall–Kier alpha value is -1.08. The number of rotatable bonds is 2. The molecule has 80 valence electrons. The molecular weight excluding hydrogens is 263 g/mol. The summed E-state index contributed by atoms with van der Waals surface area (Å²) in [6, 6.07) is 9.53. The molecular formula is C11H6Cl2N2S. The molecule has 16 heavy (non-hydrogen) atoms. The molecule has 2 nitrogen and oxygen atoms in total. The number of aromatic nitrogens is 1. The van der Waals surface area contributed by atoms with E-state index in [1.807, 2.05) is 24.3 Å². The number of nitriles is 1. The van der Waals surface area contributed by atoms with Crippen LogP contribution in [0.4, 0.5) is 0 Å². The van der Waals surface area contributed by atoms with E-state index >= 15 is 0 Å². The normalized spacial score (nSPS) is 10.1. The molecule has 0 saturated heterocycles.